The number of ether oxygens (including phenoxy) is 10. The van der Waals surface area contributed by atoms with Crippen LogP contribution in [-0.4, -0.2) is 173 Å². The highest BCUT2D eigenvalue weighted by Crippen LogP contribution is 2.29. The molecule has 0 amide bonds. The lowest BCUT2D eigenvalue weighted by Gasteiger charge is -2.39. The van der Waals surface area contributed by atoms with E-state index in [0.717, 1.165) is 70.3 Å². The van der Waals surface area contributed by atoms with Crippen LogP contribution < -0.4 is 0 Å². The van der Waals surface area contributed by atoms with Gasteiger partial charge in [0, 0.05) is 103 Å². The summed E-state index contributed by atoms with van der Waals surface area (Å²) in [7, 11) is 17.2. The van der Waals surface area contributed by atoms with Gasteiger partial charge >= 0.3 is 0 Å². The minimum Gasteiger partial charge on any atom is -0.400 e. The summed E-state index contributed by atoms with van der Waals surface area (Å²) in [5.74, 6) is 1.06. The Hall–Kier alpha value is -1.60. The smallest absolute Gasteiger partial charge is 0.184 e. The van der Waals surface area contributed by atoms with Gasteiger partial charge in [0.25, 0.3) is 0 Å². The summed E-state index contributed by atoms with van der Waals surface area (Å²) < 4.78 is 54.8. The van der Waals surface area contributed by atoms with Crippen LogP contribution in [0.2, 0.25) is 0 Å². The molecule has 14 heteroatoms. The molecule has 4 N–H and O–H groups in total. The van der Waals surface area contributed by atoms with Gasteiger partial charge in [-0.1, -0.05) is 106 Å². The van der Waals surface area contributed by atoms with E-state index in [1.807, 2.05) is 65.8 Å². The van der Waals surface area contributed by atoms with E-state index < -0.39 is 6.29 Å². The SMILES string of the molecule is CC.CC.CCC(OC)C(C)CCC(O)C(C)/C=C/C=C(\C)C1OC(OC)C(OC)CC1OC.CCC(OC)C(C)CCC(O)C(C)/C=C/C=C(\C)C1OCC(OC)CC1OC.CO.CO.COC. The van der Waals surface area contributed by atoms with Crippen LogP contribution in [0.15, 0.2) is 47.6 Å². The molecular weight excluding hydrogens is 885 g/mol. The third-order valence-electron chi connectivity index (χ3n) is 12.3. The Morgan fingerprint density at radius 2 is 0.928 bits per heavy atom. The number of aliphatic hydroxyl groups excluding tert-OH is 4. The van der Waals surface area contributed by atoms with Gasteiger partial charge < -0.3 is 67.8 Å². The molecule has 69 heavy (non-hydrogen) atoms. The van der Waals surface area contributed by atoms with E-state index in [0.29, 0.717) is 24.9 Å². The summed E-state index contributed by atoms with van der Waals surface area (Å²) in [5.41, 5.74) is 2.18. The van der Waals surface area contributed by atoms with Crippen molar-refractivity contribution in [2.24, 2.45) is 23.7 Å². The zero-order chi connectivity index (χ0) is 54.5. The maximum Gasteiger partial charge on any atom is 0.184 e. The summed E-state index contributed by atoms with van der Waals surface area (Å²) in [6, 6.07) is 0. The molecule has 15 unspecified atom stereocenters. The monoisotopic (exact) mass is 997 g/mol. The number of hydrogen-bond acceptors (Lipinski definition) is 14. The summed E-state index contributed by atoms with van der Waals surface area (Å²) >= 11 is 0. The maximum atomic E-state index is 10.5. The van der Waals surface area contributed by atoms with Gasteiger partial charge in [0.2, 0.25) is 0 Å². The highest BCUT2D eigenvalue weighted by atomic mass is 16.7. The Kier molecular flexibility index (Phi) is 56.7. The van der Waals surface area contributed by atoms with Gasteiger partial charge in [-0.3, -0.25) is 0 Å². The lowest BCUT2D eigenvalue weighted by Crippen LogP contribution is -2.49. The fourth-order valence-corrected chi connectivity index (χ4v) is 7.98. The van der Waals surface area contributed by atoms with Crippen LogP contribution in [0, 0.1) is 23.7 Å². The van der Waals surface area contributed by atoms with Crippen LogP contribution in [0.5, 0.6) is 0 Å². The molecule has 0 aromatic rings. The predicted molar refractivity (Wildman–Crippen MR) is 285 cm³/mol. The Morgan fingerprint density at radius 1 is 0.551 bits per heavy atom. The zero-order valence-corrected chi connectivity index (χ0v) is 48.4. The van der Waals surface area contributed by atoms with Crippen LogP contribution in [0.1, 0.15) is 134 Å². The first-order valence-corrected chi connectivity index (χ1v) is 25.4. The Balaban J connectivity index is -0.000000329. The number of methoxy groups -OCH3 is 8. The lowest BCUT2D eigenvalue weighted by molar-refractivity contribution is -0.256. The standard InChI is InChI=1S/C24H44O6.C23H42O5.C2H6O.2C2H6.2CH4O/c1-9-20(26-5)17(3)13-14-19(25)16(2)11-10-12-18(4)23-21(27-6)15-22(28-7)24(29-8)30-23;1-8-21(26-6)17(3)12-13-20(24)16(2)10-9-11-18(4)23-22(27-7)14-19(25-5)15-28-23;1-3-2;4*1-2/h10-12,16-17,19-25H,9,13-15H2,1-8H3;9-11,16-17,19-24H,8,12-15H2,1-7H3;1-2H3;2*1-2H3;2*2H,1H3/b11-10+,18-12+;10-9+,18-11+;;;;;. The van der Waals surface area contributed by atoms with Crippen molar-refractivity contribution in [1.29, 1.82) is 0 Å². The molecule has 0 spiro atoms. The minimum atomic E-state index is -0.416. The number of aliphatic hydroxyl groups is 4. The normalized spacial score (nSPS) is 25.0. The third-order valence-corrected chi connectivity index (χ3v) is 12.3. The highest BCUT2D eigenvalue weighted by Gasteiger charge is 2.39. The van der Waals surface area contributed by atoms with E-state index in [1.54, 1.807) is 64.0 Å². The lowest BCUT2D eigenvalue weighted by atomic mass is 9.91. The molecular formula is C55H112O14. The first-order chi connectivity index (χ1) is 33.1. The second-order valence-electron chi connectivity index (χ2n) is 16.9. The molecule has 0 bridgehead atoms. The van der Waals surface area contributed by atoms with Crippen molar-refractivity contribution < 1.29 is 67.8 Å². The van der Waals surface area contributed by atoms with Crippen molar-refractivity contribution in [2.45, 2.75) is 202 Å². The van der Waals surface area contributed by atoms with Gasteiger partial charge in [0.1, 0.15) is 18.3 Å². The van der Waals surface area contributed by atoms with E-state index in [4.69, 9.17) is 52.8 Å². The quantitative estimate of drug-likeness (QED) is 0.0637. The van der Waals surface area contributed by atoms with E-state index in [9.17, 15) is 10.2 Å². The molecule has 2 aliphatic rings. The molecule has 0 aromatic carbocycles. The fourth-order valence-electron chi connectivity index (χ4n) is 7.98. The summed E-state index contributed by atoms with van der Waals surface area (Å²) in [6.07, 6.45) is 18.2. The van der Waals surface area contributed by atoms with Crippen molar-refractivity contribution >= 4 is 0 Å². The first kappa shape index (κ1) is 76.3. The second kappa shape index (κ2) is 51.3. The van der Waals surface area contributed by atoms with Crippen LogP contribution in [0.3, 0.4) is 0 Å². The Morgan fingerprint density at radius 3 is 1.26 bits per heavy atom. The molecule has 2 saturated heterocycles. The third kappa shape index (κ3) is 33.0. The van der Waals surface area contributed by atoms with E-state index in [2.05, 4.69) is 58.4 Å². The first-order valence-electron chi connectivity index (χ1n) is 25.4. The molecule has 14 nitrogen and oxygen atoms in total. The van der Waals surface area contributed by atoms with Crippen LogP contribution in [0.25, 0.3) is 0 Å². The fraction of sp³-hybridized carbons (Fsp3) is 0.855. The molecule has 2 rings (SSSR count). The largest absolute Gasteiger partial charge is 0.400 e. The molecule has 0 saturated carbocycles. The van der Waals surface area contributed by atoms with Gasteiger partial charge in [-0.2, -0.15) is 0 Å². The Labute approximate surface area is 424 Å². The molecule has 15 atom stereocenters. The average Bonchev–Trinajstić information content (AvgIpc) is 3.39. The summed E-state index contributed by atoms with van der Waals surface area (Å²) in [4.78, 5) is 0. The van der Waals surface area contributed by atoms with Gasteiger partial charge in [-0.05, 0) is 75.4 Å². The molecule has 0 radical (unpaired) electrons. The summed E-state index contributed by atoms with van der Waals surface area (Å²) in [5, 5.41) is 35.0. The van der Waals surface area contributed by atoms with Crippen molar-refractivity contribution in [3.05, 3.63) is 47.6 Å². The van der Waals surface area contributed by atoms with E-state index >= 15 is 0 Å². The molecule has 2 fully saturated rings. The van der Waals surface area contributed by atoms with Crippen molar-refractivity contribution in [3.8, 4) is 0 Å². The van der Waals surface area contributed by atoms with Gasteiger partial charge in [-0.15, -0.1) is 0 Å². The van der Waals surface area contributed by atoms with Gasteiger partial charge in [0.05, 0.1) is 49.3 Å². The number of allylic oxidation sites excluding steroid dienone is 4. The van der Waals surface area contributed by atoms with Crippen LogP contribution >= 0.6 is 0 Å². The van der Waals surface area contributed by atoms with Gasteiger partial charge in [0.15, 0.2) is 6.29 Å². The molecule has 0 aliphatic carbocycles. The van der Waals surface area contributed by atoms with Gasteiger partial charge in [-0.25, -0.2) is 0 Å². The Bertz CT molecular complexity index is 1190. The van der Waals surface area contributed by atoms with Crippen LogP contribution in [-0.2, 0) is 47.4 Å². The van der Waals surface area contributed by atoms with Crippen LogP contribution in [0.4, 0.5) is 0 Å². The van der Waals surface area contributed by atoms with Crippen molar-refractivity contribution in [3.63, 3.8) is 0 Å². The summed E-state index contributed by atoms with van der Waals surface area (Å²) in [6.45, 7) is 25.4. The average molecular weight is 997 g/mol. The number of rotatable bonds is 25. The molecule has 2 heterocycles. The minimum absolute atomic E-state index is 0.000136. The van der Waals surface area contributed by atoms with Crippen molar-refractivity contribution in [1.82, 2.24) is 0 Å². The highest BCUT2D eigenvalue weighted by molar-refractivity contribution is 5.19. The molecule has 416 valence electrons. The second-order valence-corrected chi connectivity index (χ2v) is 16.9. The topological polar surface area (TPSA) is 173 Å². The molecule has 0 aromatic heterocycles. The zero-order valence-electron chi connectivity index (χ0n) is 48.4. The maximum absolute atomic E-state index is 10.5. The predicted octanol–water partition coefficient (Wildman–Crippen LogP) is 9.80. The van der Waals surface area contributed by atoms with Crippen molar-refractivity contribution in [2.75, 3.05) is 84.8 Å². The van der Waals surface area contributed by atoms with E-state index in [1.165, 1.54) is 0 Å². The molecule has 2 aliphatic heterocycles. The van der Waals surface area contributed by atoms with E-state index in [-0.39, 0.29) is 72.9 Å². The number of hydrogen-bond donors (Lipinski definition) is 4.